The average molecular weight is 617 g/mol. The molecule has 12 heteroatoms. The van der Waals surface area contributed by atoms with Gasteiger partial charge in [0.25, 0.3) is 0 Å². The van der Waals surface area contributed by atoms with E-state index in [0.29, 0.717) is 22.1 Å². The van der Waals surface area contributed by atoms with Gasteiger partial charge in [-0.05, 0) is 78.2 Å². The van der Waals surface area contributed by atoms with Crippen LogP contribution in [0.25, 0.3) is 21.9 Å². The third kappa shape index (κ3) is 6.22. The molecule has 0 aliphatic heterocycles. The average Bonchev–Trinajstić information content (AvgIpc) is 3.70. The van der Waals surface area contributed by atoms with Gasteiger partial charge in [0.2, 0.25) is 20.0 Å². The summed E-state index contributed by atoms with van der Waals surface area (Å²) in [5, 5.41) is 1.47. The van der Waals surface area contributed by atoms with Gasteiger partial charge in [0.1, 0.15) is 11.2 Å². The summed E-state index contributed by atoms with van der Waals surface area (Å²) in [5.41, 5.74) is 2.52. The lowest BCUT2D eigenvalue weighted by Gasteiger charge is -2.26. The van der Waals surface area contributed by atoms with E-state index < -0.39 is 20.0 Å². The van der Waals surface area contributed by atoms with E-state index in [1.165, 1.54) is 33.3 Å². The summed E-state index contributed by atoms with van der Waals surface area (Å²) in [7, 11) is -7.92. The molecule has 0 aliphatic carbocycles. The first-order chi connectivity index (χ1) is 20.8. The molecule has 0 amide bonds. The second-order valence-corrected chi connectivity index (χ2v) is 13.9. The fourth-order valence-corrected chi connectivity index (χ4v) is 7.86. The van der Waals surface area contributed by atoms with Crippen molar-refractivity contribution in [2.75, 3.05) is 13.1 Å². The van der Waals surface area contributed by atoms with Gasteiger partial charge in [0, 0.05) is 67.8 Å². The van der Waals surface area contributed by atoms with Crippen LogP contribution in [0, 0.1) is 0 Å². The standard InChI is InChI=1S/C31H28N4O6S2/c36-42(37,28-6-7-30-27(19-28)11-18-40-30)35(23-25-3-1-12-33-21-25)16-2-15-34(22-24-8-13-32-14-9-24)43(38,39)29-5-4-26-10-17-41-31(26)20-29/h1,3-14,17-21H,2,15-16,22-23H2. The molecule has 0 bridgehead atoms. The molecule has 6 rings (SSSR count). The van der Waals surface area contributed by atoms with Gasteiger partial charge in [-0.25, -0.2) is 16.8 Å². The monoisotopic (exact) mass is 616 g/mol. The molecule has 0 radical (unpaired) electrons. The minimum atomic E-state index is -3.97. The van der Waals surface area contributed by atoms with Crippen molar-refractivity contribution < 1.29 is 25.7 Å². The lowest BCUT2D eigenvalue weighted by Crippen LogP contribution is -2.36. The third-order valence-corrected chi connectivity index (χ3v) is 10.8. The maximum absolute atomic E-state index is 13.9. The van der Waals surface area contributed by atoms with E-state index in [-0.39, 0.29) is 42.4 Å². The first-order valence-electron chi connectivity index (χ1n) is 13.5. The first kappa shape index (κ1) is 28.7. The van der Waals surface area contributed by atoms with Crippen molar-refractivity contribution in [2.24, 2.45) is 0 Å². The molecule has 0 fully saturated rings. The Bertz CT molecular complexity index is 1910. The van der Waals surface area contributed by atoms with Crippen LogP contribution in [0.4, 0.5) is 0 Å². The molecule has 4 aromatic heterocycles. The van der Waals surface area contributed by atoms with Crippen molar-refractivity contribution in [3.8, 4) is 0 Å². The Morgan fingerprint density at radius 3 is 1.98 bits per heavy atom. The van der Waals surface area contributed by atoms with Crippen LogP contribution in [0.15, 0.2) is 129 Å². The summed E-state index contributed by atoms with van der Waals surface area (Å²) >= 11 is 0. The van der Waals surface area contributed by atoms with Gasteiger partial charge in [-0.2, -0.15) is 8.61 Å². The molecule has 0 saturated carbocycles. The summed E-state index contributed by atoms with van der Waals surface area (Å²) in [6.45, 7) is 0.306. The molecule has 43 heavy (non-hydrogen) atoms. The number of sulfonamides is 2. The lowest BCUT2D eigenvalue weighted by molar-refractivity contribution is 0.352. The van der Waals surface area contributed by atoms with Gasteiger partial charge in [0.15, 0.2) is 0 Å². The number of nitrogens with zero attached hydrogens (tertiary/aromatic N) is 4. The van der Waals surface area contributed by atoms with Crippen LogP contribution in [0.2, 0.25) is 0 Å². The van der Waals surface area contributed by atoms with E-state index in [9.17, 15) is 16.8 Å². The fraction of sp³-hybridized carbons (Fsp3) is 0.161. The molecule has 220 valence electrons. The number of aromatic nitrogens is 2. The van der Waals surface area contributed by atoms with Crippen molar-refractivity contribution in [1.29, 1.82) is 0 Å². The van der Waals surface area contributed by atoms with E-state index in [1.807, 2.05) is 0 Å². The zero-order chi connectivity index (χ0) is 29.9. The smallest absolute Gasteiger partial charge is 0.243 e. The second-order valence-electron chi connectivity index (χ2n) is 9.99. The Morgan fingerprint density at radius 2 is 1.26 bits per heavy atom. The Hall–Kier alpha value is -4.36. The number of fused-ring (bicyclic) bond motifs is 2. The minimum absolute atomic E-state index is 0.0697. The molecule has 4 heterocycles. The molecule has 0 atom stereocenters. The quantitative estimate of drug-likeness (QED) is 0.178. The Labute approximate surface area is 249 Å². The number of benzene rings is 2. The highest BCUT2D eigenvalue weighted by Crippen LogP contribution is 2.26. The largest absolute Gasteiger partial charge is 0.464 e. The van der Waals surface area contributed by atoms with Gasteiger partial charge in [-0.1, -0.05) is 6.07 Å². The third-order valence-electron chi connectivity index (χ3n) is 7.13. The van der Waals surface area contributed by atoms with Crippen LogP contribution in [0.1, 0.15) is 17.5 Å². The highest BCUT2D eigenvalue weighted by molar-refractivity contribution is 7.89. The van der Waals surface area contributed by atoms with Crippen molar-refractivity contribution in [1.82, 2.24) is 18.6 Å². The van der Waals surface area contributed by atoms with Crippen LogP contribution < -0.4 is 0 Å². The summed E-state index contributed by atoms with van der Waals surface area (Å²) in [5.74, 6) is 0. The normalized spacial score (nSPS) is 12.5. The van der Waals surface area contributed by atoms with Gasteiger partial charge < -0.3 is 8.83 Å². The molecule has 0 aliphatic rings. The van der Waals surface area contributed by atoms with E-state index in [4.69, 9.17) is 8.83 Å². The van der Waals surface area contributed by atoms with Gasteiger partial charge in [-0.15, -0.1) is 0 Å². The van der Waals surface area contributed by atoms with Gasteiger partial charge in [-0.3, -0.25) is 9.97 Å². The van der Waals surface area contributed by atoms with Crippen molar-refractivity contribution in [3.63, 3.8) is 0 Å². The molecule has 0 unspecified atom stereocenters. The summed E-state index contributed by atoms with van der Waals surface area (Å²) in [6.07, 6.45) is 9.71. The maximum Gasteiger partial charge on any atom is 0.243 e. The number of rotatable bonds is 12. The van der Waals surface area contributed by atoms with Crippen molar-refractivity contribution >= 4 is 42.0 Å². The SMILES string of the molecule is O=S(=O)(c1ccc2occc2c1)N(CCCN(Cc1ccncc1)S(=O)(=O)c1ccc2ccoc2c1)Cc1cccnc1. The number of hydrogen-bond donors (Lipinski definition) is 0. The van der Waals surface area contributed by atoms with E-state index >= 15 is 0 Å². The van der Waals surface area contributed by atoms with Crippen molar-refractivity contribution in [2.45, 2.75) is 29.3 Å². The van der Waals surface area contributed by atoms with E-state index in [1.54, 1.807) is 85.5 Å². The summed E-state index contributed by atoms with van der Waals surface area (Å²) < 4.78 is 69.2. The van der Waals surface area contributed by atoms with Gasteiger partial charge in [0.05, 0.1) is 22.3 Å². The molecule has 0 spiro atoms. The number of hydrogen-bond acceptors (Lipinski definition) is 8. The predicted octanol–water partition coefficient (Wildman–Crippen LogP) is 5.44. The Balaban J connectivity index is 1.28. The van der Waals surface area contributed by atoms with E-state index in [2.05, 4.69) is 9.97 Å². The topological polar surface area (TPSA) is 127 Å². The van der Waals surface area contributed by atoms with Gasteiger partial charge >= 0.3 is 0 Å². The van der Waals surface area contributed by atoms with Crippen molar-refractivity contribution in [3.05, 3.63) is 121 Å². The number of pyridine rings is 2. The Kier molecular flexibility index (Phi) is 8.08. The Morgan fingerprint density at radius 1 is 0.605 bits per heavy atom. The molecular weight excluding hydrogens is 588 g/mol. The van der Waals surface area contributed by atoms with Crippen LogP contribution >= 0.6 is 0 Å². The molecule has 2 aromatic carbocycles. The molecule has 0 saturated heterocycles. The minimum Gasteiger partial charge on any atom is -0.464 e. The lowest BCUT2D eigenvalue weighted by atomic mass is 10.2. The van der Waals surface area contributed by atoms with Crippen LogP contribution in [-0.2, 0) is 33.1 Å². The molecular formula is C31H28N4O6S2. The van der Waals surface area contributed by atoms with Crippen LogP contribution in [0.3, 0.4) is 0 Å². The fourth-order valence-electron chi connectivity index (χ4n) is 4.88. The van der Waals surface area contributed by atoms with E-state index in [0.717, 1.165) is 10.9 Å². The zero-order valence-electron chi connectivity index (χ0n) is 23.0. The molecule has 10 nitrogen and oxygen atoms in total. The number of furan rings is 2. The van der Waals surface area contributed by atoms with Crippen LogP contribution in [-0.4, -0.2) is 48.5 Å². The highest BCUT2D eigenvalue weighted by atomic mass is 32.2. The molecule has 0 N–H and O–H groups in total. The van der Waals surface area contributed by atoms with Crippen LogP contribution in [0.5, 0.6) is 0 Å². The zero-order valence-corrected chi connectivity index (χ0v) is 24.6. The summed E-state index contributed by atoms with van der Waals surface area (Å²) in [6, 6.07) is 20.0. The summed E-state index contributed by atoms with van der Waals surface area (Å²) in [4.78, 5) is 8.38. The molecule has 6 aromatic rings. The highest BCUT2D eigenvalue weighted by Gasteiger charge is 2.28. The maximum atomic E-state index is 13.9. The first-order valence-corrected chi connectivity index (χ1v) is 16.4. The predicted molar refractivity (Wildman–Crippen MR) is 161 cm³/mol. The second kappa shape index (κ2) is 12.1.